The minimum Gasteiger partial charge on any atom is -0.347 e. The highest BCUT2D eigenvalue weighted by molar-refractivity contribution is 5.91. The van der Waals surface area contributed by atoms with E-state index >= 15 is 0 Å². The summed E-state index contributed by atoms with van der Waals surface area (Å²) in [6, 6.07) is 0. The summed E-state index contributed by atoms with van der Waals surface area (Å²) in [6.07, 6.45) is 3.32. The first-order valence-electron chi connectivity index (χ1n) is 7.55. The van der Waals surface area contributed by atoms with Crippen LogP contribution in [0.1, 0.15) is 20.8 Å². The smallest absolute Gasteiger partial charge is 0.241 e. The number of allylic oxidation sites excluding steroid dienone is 1. The minimum absolute atomic E-state index is 0.0178. The molecule has 2 amide bonds. The molecule has 126 valence electrons. The molecule has 0 saturated heterocycles. The predicted octanol–water partition coefficient (Wildman–Crippen LogP) is 0.636. The van der Waals surface area contributed by atoms with E-state index in [9.17, 15) is 14.4 Å². The molecule has 0 N–H and O–H groups in total. The number of likely N-dealkylation sites (N-methyl/N-ethyl adjacent to an activating group) is 3. The Hall–Kier alpha value is -1.69. The van der Waals surface area contributed by atoms with E-state index in [4.69, 9.17) is 0 Å². The molecule has 0 radical (unpaired) electrons. The Kier molecular flexibility index (Phi) is 9.33. The lowest BCUT2D eigenvalue weighted by Gasteiger charge is -2.24. The lowest BCUT2D eigenvalue weighted by molar-refractivity contribution is -0.139. The summed E-state index contributed by atoms with van der Waals surface area (Å²) in [6.45, 7) is 6.87. The highest BCUT2D eigenvalue weighted by Crippen LogP contribution is 1.97. The van der Waals surface area contributed by atoms with E-state index in [1.807, 2.05) is 32.7 Å². The maximum atomic E-state index is 12.2. The van der Waals surface area contributed by atoms with Crippen molar-refractivity contribution in [2.45, 2.75) is 20.8 Å². The first kappa shape index (κ1) is 20.3. The van der Waals surface area contributed by atoms with E-state index < -0.39 is 0 Å². The summed E-state index contributed by atoms with van der Waals surface area (Å²) < 4.78 is 0. The fourth-order valence-electron chi connectivity index (χ4n) is 1.62. The van der Waals surface area contributed by atoms with Crippen LogP contribution in [0.3, 0.4) is 0 Å². The van der Waals surface area contributed by atoms with E-state index in [0.29, 0.717) is 13.1 Å². The van der Waals surface area contributed by atoms with Crippen LogP contribution in [0.15, 0.2) is 12.2 Å². The Labute approximate surface area is 133 Å². The van der Waals surface area contributed by atoms with Crippen molar-refractivity contribution in [1.82, 2.24) is 14.7 Å². The van der Waals surface area contributed by atoms with Crippen molar-refractivity contribution in [2.24, 2.45) is 5.92 Å². The first-order chi connectivity index (χ1) is 10.2. The van der Waals surface area contributed by atoms with Crippen molar-refractivity contribution in [3.8, 4) is 0 Å². The summed E-state index contributed by atoms with van der Waals surface area (Å²) >= 11 is 0. The highest BCUT2D eigenvalue weighted by Gasteiger charge is 2.17. The van der Waals surface area contributed by atoms with Gasteiger partial charge < -0.3 is 9.80 Å². The molecule has 0 aliphatic rings. The molecule has 0 aromatic carbocycles. The highest BCUT2D eigenvalue weighted by atomic mass is 16.2. The number of hydrogen-bond acceptors (Lipinski definition) is 4. The summed E-state index contributed by atoms with van der Waals surface area (Å²) in [5, 5.41) is 0. The molecule has 0 fully saturated rings. The van der Waals surface area contributed by atoms with Crippen LogP contribution in [0.4, 0.5) is 0 Å². The molecular weight excluding hydrogens is 282 g/mol. The molecule has 6 nitrogen and oxygen atoms in total. The summed E-state index contributed by atoms with van der Waals surface area (Å²) in [5.41, 5.74) is 0. The van der Waals surface area contributed by atoms with Crippen LogP contribution in [0, 0.1) is 5.92 Å². The molecule has 0 spiro atoms. The molecule has 0 unspecified atom stereocenters. The van der Waals surface area contributed by atoms with Gasteiger partial charge in [0.15, 0.2) is 5.78 Å². The molecule has 6 heteroatoms. The lowest BCUT2D eigenvalue weighted by Crippen LogP contribution is -2.44. The molecule has 0 rings (SSSR count). The van der Waals surface area contributed by atoms with Gasteiger partial charge in [0.1, 0.15) is 0 Å². The Morgan fingerprint density at radius 1 is 1.00 bits per heavy atom. The predicted molar refractivity (Wildman–Crippen MR) is 87.4 cm³/mol. The van der Waals surface area contributed by atoms with Gasteiger partial charge >= 0.3 is 0 Å². The fraction of sp³-hybridized carbons (Fsp3) is 0.688. The van der Waals surface area contributed by atoms with Gasteiger partial charge in [0, 0.05) is 33.1 Å². The Morgan fingerprint density at radius 2 is 1.59 bits per heavy atom. The van der Waals surface area contributed by atoms with E-state index in [1.54, 1.807) is 26.2 Å². The Morgan fingerprint density at radius 3 is 2.05 bits per heavy atom. The van der Waals surface area contributed by atoms with Crippen LogP contribution in [0.25, 0.3) is 0 Å². The van der Waals surface area contributed by atoms with Crippen molar-refractivity contribution >= 4 is 17.6 Å². The van der Waals surface area contributed by atoms with Gasteiger partial charge in [0.2, 0.25) is 11.8 Å². The molecule has 0 heterocycles. The average Bonchev–Trinajstić information content (AvgIpc) is 2.43. The molecule has 0 atom stereocenters. The van der Waals surface area contributed by atoms with Crippen molar-refractivity contribution in [1.29, 1.82) is 0 Å². The summed E-state index contributed by atoms with van der Waals surface area (Å²) in [4.78, 5) is 40.1. The van der Waals surface area contributed by atoms with Crippen LogP contribution in [-0.4, -0.2) is 79.6 Å². The molecule has 0 aromatic heterocycles. The zero-order valence-corrected chi connectivity index (χ0v) is 14.6. The normalized spacial score (nSPS) is 11.3. The zero-order chi connectivity index (χ0) is 17.3. The van der Waals surface area contributed by atoms with E-state index in [1.165, 1.54) is 9.80 Å². The van der Waals surface area contributed by atoms with Crippen LogP contribution >= 0.6 is 0 Å². The largest absolute Gasteiger partial charge is 0.347 e. The standard InChI is InChI=1S/C16H29N3O3/c1-7-19(12-15(21)17(4)5)16(22)11-18(6)10-8-9-14(20)13(2)3/h8-9,13H,7,10-12H2,1-6H3/b9-8+. The third-order valence-corrected chi connectivity index (χ3v) is 3.23. The topological polar surface area (TPSA) is 60.9 Å². The van der Waals surface area contributed by atoms with Gasteiger partial charge in [-0.1, -0.05) is 19.9 Å². The maximum absolute atomic E-state index is 12.2. The number of carbonyl (C=O) groups is 3. The number of amides is 2. The van der Waals surface area contributed by atoms with Gasteiger partial charge in [-0.05, 0) is 20.0 Å². The Balaban J connectivity index is 4.37. The van der Waals surface area contributed by atoms with E-state index in [-0.39, 0.29) is 36.6 Å². The Bertz CT molecular complexity index is 417. The molecule has 0 bridgehead atoms. The van der Waals surface area contributed by atoms with Gasteiger partial charge in [0.05, 0.1) is 13.1 Å². The molecular formula is C16H29N3O3. The second-order valence-electron chi connectivity index (χ2n) is 5.85. The average molecular weight is 311 g/mol. The maximum Gasteiger partial charge on any atom is 0.241 e. The summed E-state index contributed by atoms with van der Waals surface area (Å²) in [7, 11) is 5.15. The quantitative estimate of drug-likeness (QED) is 0.586. The number of ketones is 1. The molecule has 0 aliphatic carbocycles. The van der Waals surface area contributed by atoms with Crippen LogP contribution in [0.2, 0.25) is 0 Å². The second-order valence-corrected chi connectivity index (χ2v) is 5.85. The van der Waals surface area contributed by atoms with Crippen molar-refractivity contribution in [3.63, 3.8) is 0 Å². The zero-order valence-electron chi connectivity index (χ0n) is 14.6. The second kappa shape index (κ2) is 10.1. The third-order valence-electron chi connectivity index (χ3n) is 3.23. The molecule has 22 heavy (non-hydrogen) atoms. The van der Waals surface area contributed by atoms with Crippen molar-refractivity contribution in [3.05, 3.63) is 12.2 Å². The van der Waals surface area contributed by atoms with Gasteiger partial charge in [-0.15, -0.1) is 0 Å². The van der Waals surface area contributed by atoms with E-state index in [2.05, 4.69) is 0 Å². The lowest BCUT2D eigenvalue weighted by atomic mass is 10.1. The molecule has 0 saturated carbocycles. The summed E-state index contributed by atoms with van der Waals surface area (Å²) in [5.74, 6) is -0.133. The van der Waals surface area contributed by atoms with Gasteiger partial charge in [-0.25, -0.2) is 0 Å². The molecule has 0 aromatic rings. The monoisotopic (exact) mass is 311 g/mol. The third kappa shape index (κ3) is 7.93. The number of hydrogen-bond donors (Lipinski definition) is 0. The number of rotatable bonds is 9. The number of nitrogens with zero attached hydrogens (tertiary/aromatic N) is 3. The minimum atomic E-state index is -0.0970. The van der Waals surface area contributed by atoms with Crippen molar-refractivity contribution < 1.29 is 14.4 Å². The van der Waals surface area contributed by atoms with Crippen LogP contribution in [0.5, 0.6) is 0 Å². The van der Waals surface area contributed by atoms with Crippen LogP contribution in [-0.2, 0) is 14.4 Å². The van der Waals surface area contributed by atoms with Gasteiger partial charge in [0.25, 0.3) is 0 Å². The van der Waals surface area contributed by atoms with Crippen molar-refractivity contribution in [2.75, 3.05) is 47.3 Å². The SMILES string of the molecule is CCN(CC(=O)N(C)C)C(=O)CN(C)C/C=C/C(=O)C(C)C. The van der Waals surface area contributed by atoms with Crippen LogP contribution < -0.4 is 0 Å². The first-order valence-corrected chi connectivity index (χ1v) is 7.55. The molecule has 0 aliphatic heterocycles. The fourth-order valence-corrected chi connectivity index (χ4v) is 1.62. The van der Waals surface area contributed by atoms with Gasteiger partial charge in [-0.3, -0.25) is 19.3 Å². The van der Waals surface area contributed by atoms with Gasteiger partial charge in [-0.2, -0.15) is 0 Å². The number of carbonyl (C=O) groups excluding carboxylic acids is 3. The van der Waals surface area contributed by atoms with E-state index in [0.717, 1.165) is 0 Å².